The minimum absolute atomic E-state index is 0.393. The molecule has 0 saturated heterocycles. The number of hydrogen-bond donors (Lipinski definition) is 1. The van der Waals surface area contributed by atoms with E-state index in [1.807, 2.05) is 0 Å². The Morgan fingerprint density at radius 1 is 1.37 bits per heavy atom. The van der Waals surface area contributed by atoms with Crippen molar-refractivity contribution >= 4 is 11.3 Å². The van der Waals surface area contributed by atoms with Gasteiger partial charge in [0.15, 0.2) is 0 Å². The number of hydrogen-bond acceptors (Lipinski definition) is 4. The zero-order valence-electron chi connectivity index (χ0n) is 12.5. The zero-order valence-corrected chi connectivity index (χ0v) is 13.4. The normalized spacial score (nSPS) is 18.9. The Balaban J connectivity index is 1.80. The third kappa shape index (κ3) is 4.26. The third-order valence-corrected chi connectivity index (χ3v) is 5.23. The van der Waals surface area contributed by atoms with E-state index in [2.05, 4.69) is 41.6 Å². The van der Waals surface area contributed by atoms with Crippen molar-refractivity contribution in [3.8, 4) is 0 Å². The van der Waals surface area contributed by atoms with Crippen LogP contribution < -0.4 is 5.32 Å². The second-order valence-corrected chi connectivity index (χ2v) is 7.00. The van der Waals surface area contributed by atoms with E-state index in [4.69, 9.17) is 0 Å². The van der Waals surface area contributed by atoms with Crippen LogP contribution in [0, 0.1) is 6.92 Å². The standard InChI is InChI=1S/C15H27N3S/c1-13-17-14(12-19-13)11-18(3)10-9-15(16-2)7-5-4-6-8-15/h12,16H,4-11H2,1-3H3. The minimum Gasteiger partial charge on any atom is -0.314 e. The van der Waals surface area contributed by atoms with E-state index in [9.17, 15) is 0 Å². The van der Waals surface area contributed by atoms with Gasteiger partial charge in [0, 0.05) is 17.5 Å². The molecule has 0 aromatic carbocycles. The Bertz CT molecular complexity index is 382. The Morgan fingerprint density at radius 3 is 2.68 bits per heavy atom. The Kier molecular flexibility index (Phi) is 5.37. The van der Waals surface area contributed by atoms with Crippen LogP contribution in [-0.4, -0.2) is 36.1 Å². The van der Waals surface area contributed by atoms with Gasteiger partial charge >= 0.3 is 0 Å². The third-order valence-electron chi connectivity index (χ3n) is 4.41. The van der Waals surface area contributed by atoms with Crippen molar-refractivity contribution in [3.05, 3.63) is 16.1 Å². The molecule has 0 radical (unpaired) electrons. The molecule has 4 heteroatoms. The van der Waals surface area contributed by atoms with E-state index in [0.717, 1.165) is 13.1 Å². The predicted octanol–water partition coefficient (Wildman–Crippen LogP) is 3.20. The highest BCUT2D eigenvalue weighted by Crippen LogP contribution is 2.30. The molecule has 1 aliphatic rings. The van der Waals surface area contributed by atoms with Crippen molar-refractivity contribution in [2.75, 3.05) is 20.6 Å². The van der Waals surface area contributed by atoms with Gasteiger partial charge in [-0.3, -0.25) is 0 Å². The molecule has 0 amide bonds. The van der Waals surface area contributed by atoms with Gasteiger partial charge in [0.2, 0.25) is 0 Å². The second kappa shape index (κ2) is 6.82. The van der Waals surface area contributed by atoms with Gasteiger partial charge in [0.05, 0.1) is 10.7 Å². The van der Waals surface area contributed by atoms with Gasteiger partial charge in [0.1, 0.15) is 0 Å². The molecule has 1 aromatic rings. The lowest BCUT2D eigenvalue weighted by molar-refractivity contribution is 0.193. The topological polar surface area (TPSA) is 28.2 Å². The fourth-order valence-electron chi connectivity index (χ4n) is 3.09. The van der Waals surface area contributed by atoms with Gasteiger partial charge in [-0.25, -0.2) is 4.98 Å². The molecule has 1 aliphatic carbocycles. The van der Waals surface area contributed by atoms with E-state index >= 15 is 0 Å². The maximum atomic E-state index is 4.54. The van der Waals surface area contributed by atoms with Crippen LogP contribution in [-0.2, 0) is 6.54 Å². The van der Waals surface area contributed by atoms with Crippen molar-refractivity contribution in [1.82, 2.24) is 15.2 Å². The molecule has 1 heterocycles. The SMILES string of the molecule is CNC1(CCN(C)Cc2csc(C)n2)CCCCC1. The summed E-state index contributed by atoms with van der Waals surface area (Å²) >= 11 is 1.75. The predicted molar refractivity (Wildman–Crippen MR) is 82.7 cm³/mol. The van der Waals surface area contributed by atoms with Crippen molar-refractivity contribution in [1.29, 1.82) is 0 Å². The Labute approximate surface area is 121 Å². The second-order valence-electron chi connectivity index (χ2n) is 5.94. The summed E-state index contributed by atoms with van der Waals surface area (Å²) < 4.78 is 0. The molecule has 19 heavy (non-hydrogen) atoms. The van der Waals surface area contributed by atoms with Crippen LogP contribution in [0.25, 0.3) is 0 Å². The smallest absolute Gasteiger partial charge is 0.0897 e. The summed E-state index contributed by atoms with van der Waals surface area (Å²) in [5.41, 5.74) is 1.61. The van der Waals surface area contributed by atoms with E-state index in [-0.39, 0.29) is 0 Å². The maximum Gasteiger partial charge on any atom is 0.0897 e. The molecular weight excluding hydrogens is 254 g/mol. The highest BCUT2D eigenvalue weighted by Gasteiger charge is 2.29. The average molecular weight is 281 g/mol. The number of rotatable bonds is 6. The summed E-state index contributed by atoms with van der Waals surface area (Å²) in [5, 5.41) is 6.95. The molecular formula is C15H27N3S. The first-order valence-corrected chi connectivity index (χ1v) is 8.30. The van der Waals surface area contributed by atoms with Crippen LogP contribution >= 0.6 is 11.3 Å². The average Bonchev–Trinajstić information content (AvgIpc) is 2.83. The summed E-state index contributed by atoms with van der Waals surface area (Å²) in [6.45, 7) is 4.20. The lowest BCUT2D eigenvalue weighted by Crippen LogP contribution is -2.46. The van der Waals surface area contributed by atoms with Gasteiger partial charge in [-0.1, -0.05) is 19.3 Å². The zero-order chi connectivity index (χ0) is 13.7. The lowest BCUT2D eigenvalue weighted by atomic mass is 9.79. The first-order valence-electron chi connectivity index (χ1n) is 7.42. The van der Waals surface area contributed by atoms with Crippen molar-refractivity contribution in [2.24, 2.45) is 0 Å². The maximum absolute atomic E-state index is 4.54. The van der Waals surface area contributed by atoms with Gasteiger partial charge in [-0.2, -0.15) is 0 Å². The van der Waals surface area contributed by atoms with Gasteiger partial charge in [-0.05, 0) is 46.8 Å². The highest BCUT2D eigenvalue weighted by atomic mass is 32.1. The minimum atomic E-state index is 0.393. The molecule has 0 aliphatic heterocycles. The fraction of sp³-hybridized carbons (Fsp3) is 0.800. The molecule has 1 aromatic heterocycles. The molecule has 1 fully saturated rings. The van der Waals surface area contributed by atoms with Crippen molar-refractivity contribution in [3.63, 3.8) is 0 Å². The van der Waals surface area contributed by atoms with Crippen LogP contribution in [0.1, 0.15) is 49.2 Å². The first-order chi connectivity index (χ1) is 9.13. The highest BCUT2D eigenvalue weighted by molar-refractivity contribution is 7.09. The fourth-order valence-corrected chi connectivity index (χ4v) is 3.70. The summed E-state index contributed by atoms with van der Waals surface area (Å²) in [6, 6.07) is 0. The van der Waals surface area contributed by atoms with Gasteiger partial charge < -0.3 is 10.2 Å². The van der Waals surface area contributed by atoms with E-state index in [0.29, 0.717) is 5.54 Å². The molecule has 1 saturated carbocycles. The van der Waals surface area contributed by atoms with Crippen LogP contribution in [0.2, 0.25) is 0 Å². The number of aromatic nitrogens is 1. The van der Waals surface area contributed by atoms with E-state index in [1.54, 1.807) is 11.3 Å². The van der Waals surface area contributed by atoms with Crippen molar-refractivity contribution < 1.29 is 0 Å². The Morgan fingerprint density at radius 2 is 2.11 bits per heavy atom. The number of nitrogens with one attached hydrogen (secondary N) is 1. The summed E-state index contributed by atoms with van der Waals surface area (Å²) in [5.74, 6) is 0. The van der Waals surface area contributed by atoms with Crippen LogP contribution in [0.4, 0.5) is 0 Å². The molecule has 0 spiro atoms. The number of aryl methyl sites for hydroxylation is 1. The summed E-state index contributed by atoms with van der Waals surface area (Å²) in [6.07, 6.45) is 8.12. The quantitative estimate of drug-likeness (QED) is 0.868. The molecule has 1 N–H and O–H groups in total. The molecule has 0 bridgehead atoms. The van der Waals surface area contributed by atoms with Gasteiger partial charge in [0.25, 0.3) is 0 Å². The van der Waals surface area contributed by atoms with E-state index in [1.165, 1.54) is 49.2 Å². The molecule has 0 unspecified atom stereocenters. The van der Waals surface area contributed by atoms with Crippen LogP contribution in [0.5, 0.6) is 0 Å². The lowest BCUT2D eigenvalue weighted by Gasteiger charge is -2.38. The van der Waals surface area contributed by atoms with Crippen LogP contribution in [0.3, 0.4) is 0 Å². The largest absolute Gasteiger partial charge is 0.314 e. The summed E-state index contributed by atoms with van der Waals surface area (Å²) in [4.78, 5) is 6.95. The molecule has 2 rings (SSSR count). The number of thiazole rings is 1. The monoisotopic (exact) mass is 281 g/mol. The molecule has 0 atom stereocenters. The number of nitrogens with zero attached hydrogens (tertiary/aromatic N) is 2. The van der Waals surface area contributed by atoms with Crippen LogP contribution in [0.15, 0.2) is 5.38 Å². The van der Waals surface area contributed by atoms with Gasteiger partial charge in [-0.15, -0.1) is 11.3 Å². The Hall–Kier alpha value is -0.450. The summed E-state index contributed by atoms with van der Waals surface area (Å²) in [7, 11) is 4.34. The van der Waals surface area contributed by atoms with E-state index < -0.39 is 0 Å². The molecule has 108 valence electrons. The first kappa shape index (κ1) is 14.9. The van der Waals surface area contributed by atoms with Crippen molar-refractivity contribution in [2.45, 2.75) is 57.5 Å². The molecule has 3 nitrogen and oxygen atoms in total.